The molecule has 0 fully saturated rings. The van der Waals surface area contributed by atoms with Gasteiger partial charge in [-0.05, 0) is 36.2 Å². The van der Waals surface area contributed by atoms with Crippen molar-refractivity contribution in [2.24, 2.45) is 0 Å². The van der Waals surface area contributed by atoms with E-state index in [1.54, 1.807) is 43.4 Å². The number of nitrogens with zero attached hydrogens (tertiary/aromatic N) is 2. The van der Waals surface area contributed by atoms with E-state index in [4.69, 9.17) is 0 Å². The van der Waals surface area contributed by atoms with Crippen molar-refractivity contribution in [2.75, 3.05) is 25.5 Å². The van der Waals surface area contributed by atoms with E-state index in [1.165, 1.54) is 4.31 Å². The summed E-state index contributed by atoms with van der Waals surface area (Å²) in [6, 6.07) is 11.8. The minimum Gasteiger partial charge on any atom is -0.383 e. The van der Waals surface area contributed by atoms with E-state index in [9.17, 15) is 18.5 Å². The van der Waals surface area contributed by atoms with Crippen LogP contribution in [-0.4, -0.2) is 37.8 Å². The third-order valence-corrected chi connectivity index (χ3v) is 6.93. The SMILES string of the molecule is CCN(CC)S(=O)(=O)c1ccc(C(C)NCc2ccc(NC)c([N+](=O)[O-])c2)cc1.Cl. The van der Waals surface area contributed by atoms with Crippen molar-refractivity contribution in [1.82, 2.24) is 9.62 Å². The van der Waals surface area contributed by atoms with E-state index in [0.717, 1.165) is 11.1 Å². The van der Waals surface area contributed by atoms with Crippen molar-refractivity contribution in [3.63, 3.8) is 0 Å². The largest absolute Gasteiger partial charge is 0.383 e. The number of rotatable bonds is 10. The number of nitrogens with one attached hydrogen (secondary N) is 2. The Morgan fingerprint density at radius 1 is 1.10 bits per heavy atom. The maximum Gasteiger partial charge on any atom is 0.292 e. The molecule has 0 aliphatic rings. The lowest BCUT2D eigenvalue weighted by molar-refractivity contribution is -0.384. The maximum atomic E-state index is 12.6. The molecule has 30 heavy (non-hydrogen) atoms. The van der Waals surface area contributed by atoms with Crippen LogP contribution in [0, 0.1) is 10.1 Å². The fourth-order valence-electron chi connectivity index (χ4n) is 3.08. The third kappa shape index (κ3) is 5.91. The van der Waals surface area contributed by atoms with E-state index in [-0.39, 0.29) is 29.0 Å². The van der Waals surface area contributed by atoms with Crippen molar-refractivity contribution < 1.29 is 13.3 Å². The summed E-state index contributed by atoms with van der Waals surface area (Å²) in [6.07, 6.45) is 0. The second kappa shape index (κ2) is 11.3. The summed E-state index contributed by atoms with van der Waals surface area (Å²) in [5.41, 5.74) is 2.23. The van der Waals surface area contributed by atoms with Gasteiger partial charge in [-0.25, -0.2) is 8.42 Å². The van der Waals surface area contributed by atoms with Gasteiger partial charge in [-0.2, -0.15) is 4.31 Å². The zero-order valence-electron chi connectivity index (χ0n) is 17.6. The fourth-order valence-corrected chi connectivity index (χ4v) is 4.54. The summed E-state index contributed by atoms with van der Waals surface area (Å²) in [5, 5.41) is 17.3. The van der Waals surface area contributed by atoms with Crippen LogP contribution in [0.15, 0.2) is 47.4 Å². The van der Waals surface area contributed by atoms with E-state index in [0.29, 0.717) is 25.3 Å². The average Bonchev–Trinajstić information content (AvgIpc) is 2.72. The van der Waals surface area contributed by atoms with Crippen molar-refractivity contribution in [2.45, 2.75) is 38.3 Å². The van der Waals surface area contributed by atoms with Crippen LogP contribution >= 0.6 is 12.4 Å². The number of nitro groups is 1. The summed E-state index contributed by atoms with van der Waals surface area (Å²) in [4.78, 5) is 11.1. The topological polar surface area (TPSA) is 105 Å². The Kier molecular flexibility index (Phi) is 9.70. The lowest BCUT2D eigenvalue weighted by Crippen LogP contribution is -2.30. The molecule has 0 aliphatic heterocycles. The second-order valence-electron chi connectivity index (χ2n) is 6.62. The second-order valence-corrected chi connectivity index (χ2v) is 8.56. The Balaban J connectivity index is 0.00000450. The molecule has 0 saturated heterocycles. The minimum absolute atomic E-state index is 0. The van der Waals surface area contributed by atoms with Crippen LogP contribution in [0.5, 0.6) is 0 Å². The Hall–Kier alpha value is -2.20. The molecule has 0 saturated carbocycles. The third-order valence-electron chi connectivity index (χ3n) is 4.86. The highest BCUT2D eigenvalue weighted by atomic mass is 35.5. The Morgan fingerprint density at radius 3 is 2.20 bits per heavy atom. The molecule has 0 aromatic heterocycles. The van der Waals surface area contributed by atoms with Gasteiger partial charge in [0.1, 0.15) is 5.69 Å². The van der Waals surface area contributed by atoms with Gasteiger partial charge in [-0.15, -0.1) is 12.4 Å². The zero-order valence-corrected chi connectivity index (χ0v) is 19.2. The van der Waals surface area contributed by atoms with E-state index in [1.807, 2.05) is 26.8 Å². The molecule has 0 aliphatic carbocycles. The van der Waals surface area contributed by atoms with Crippen LogP contribution in [0.2, 0.25) is 0 Å². The Morgan fingerprint density at radius 2 is 1.70 bits per heavy atom. The number of halogens is 1. The van der Waals surface area contributed by atoms with Gasteiger partial charge >= 0.3 is 0 Å². The highest BCUT2D eigenvalue weighted by Crippen LogP contribution is 2.25. The first kappa shape index (κ1) is 25.8. The van der Waals surface area contributed by atoms with Crippen LogP contribution in [0.1, 0.15) is 37.9 Å². The predicted octanol–water partition coefficient (Wildman–Crippen LogP) is 3.94. The normalized spacial score (nSPS) is 12.3. The van der Waals surface area contributed by atoms with Crippen LogP contribution in [0.3, 0.4) is 0 Å². The van der Waals surface area contributed by atoms with Gasteiger partial charge < -0.3 is 10.6 Å². The van der Waals surface area contributed by atoms with Crippen molar-refractivity contribution >= 4 is 33.8 Å². The minimum atomic E-state index is -3.48. The molecule has 10 heteroatoms. The maximum absolute atomic E-state index is 12.6. The number of sulfonamides is 1. The first-order valence-corrected chi connectivity index (χ1v) is 11.0. The van der Waals surface area contributed by atoms with Gasteiger partial charge in [0.2, 0.25) is 10.0 Å². The summed E-state index contributed by atoms with van der Waals surface area (Å²) >= 11 is 0. The molecule has 0 radical (unpaired) electrons. The predicted molar refractivity (Wildman–Crippen MR) is 122 cm³/mol. The molecule has 8 nitrogen and oxygen atoms in total. The number of hydrogen-bond acceptors (Lipinski definition) is 6. The molecule has 1 atom stereocenters. The van der Waals surface area contributed by atoms with Gasteiger partial charge in [0, 0.05) is 38.8 Å². The molecule has 2 aromatic rings. The molecule has 0 amide bonds. The number of nitro benzene ring substituents is 1. The van der Waals surface area contributed by atoms with Crippen LogP contribution in [0.4, 0.5) is 11.4 Å². The van der Waals surface area contributed by atoms with Crippen molar-refractivity contribution in [3.05, 3.63) is 63.7 Å². The molecular formula is C20H29ClN4O4S. The standard InChI is InChI=1S/C20H28N4O4S.ClH/c1-5-23(6-2)29(27,28)18-10-8-17(9-11-18)15(3)22-14-16-7-12-19(21-4)20(13-16)24(25)26;/h7-13,15,21-22H,5-6,14H2,1-4H3;1H. The lowest BCUT2D eigenvalue weighted by Gasteiger charge is -2.19. The van der Waals surface area contributed by atoms with Gasteiger partial charge in [0.05, 0.1) is 9.82 Å². The van der Waals surface area contributed by atoms with E-state index in [2.05, 4.69) is 10.6 Å². The molecule has 2 rings (SSSR count). The van der Waals surface area contributed by atoms with E-state index < -0.39 is 14.9 Å². The monoisotopic (exact) mass is 456 g/mol. The number of benzene rings is 2. The zero-order chi connectivity index (χ0) is 21.6. The highest BCUT2D eigenvalue weighted by molar-refractivity contribution is 7.89. The first-order valence-electron chi connectivity index (χ1n) is 9.53. The molecule has 0 spiro atoms. The Labute approximate surface area is 184 Å². The summed E-state index contributed by atoms with van der Waals surface area (Å²) < 4.78 is 26.6. The van der Waals surface area contributed by atoms with Crippen LogP contribution in [0.25, 0.3) is 0 Å². The molecule has 0 bridgehead atoms. The molecule has 1 unspecified atom stereocenters. The van der Waals surface area contributed by atoms with Crippen LogP contribution in [-0.2, 0) is 16.6 Å². The fraction of sp³-hybridized carbons (Fsp3) is 0.400. The quantitative estimate of drug-likeness (QED) is 0.414. The van der Waals surface area contributed by atoms with Gasteiger partial charge in [0.15, 0.2) is 0 Å². The molecule has 2 aromatic carbocycles. The molecular weight excluding hydrogens is 428 g/mol. The van der Waals surface area contributed by atoms with Crippen LogP contribution < -0.4 is 10.6 Å². The van der Waals surface area contributed by atoms with Gasteiger partial charge in [-0.1, -0.05) is 32.0 Å². The molecule has 166 valence electrons. The lowest BCUT2D eigenvalue weighted by atomic mass is 10.1. The number of hydrogen-bond donors (Lipinski definition) is 2. The van der Waals surface area contributed by atoms with Gasteiger partial charge in [0.25, 0.3) is 5.69 Å². The summed E-state index contributed by atoms with van der Waals surface area (Å²) in [7, 11) is -1.83. The smallest absolute Gasteiger partial charge is 0.292 e. The summed E-state index contributed by atoms with van der Waals surface area (Å²) in [6.45, 7) is 6.90. The van der Waals surface area contributed by atoms with Gasteiger partial charge in [-0.3, -0.25) is 10.1 Å². The molecule has 0 heterocycles. The van der Waals surface area contributed by atoms with E-state index >= 15 is 0 Å². The number of anilines is 1. The summed E-state index contributed by atoms with van der Waals surface area (Å²) in [5.74, 6) is 0. The highest BCUT2D eigenvalue weighted by Gasteiger charge is 2.21. The van der Waals surface area contributed by atoms with Crippen molar-refractivity contribution in [1.29, 1.82) is 0 Å². The average molecular weight is 457 g/mol. The Bertz CT molecular complexity index is 948. The first-order chi connectivity index (χ1) is 13.7. The molecule has 2 N–H and O–H groups in total. The van der Waals surface area contributed by atoms with Crippen molar-refractivity contribution in [3.8, 4) is 0 Å².